The van der Waals surface area contributed by atoms with Crippen LogP contribution in [0, 0.1) is 0 Å². The van der Waals surface area contributed by atoms with Crippen LogP contribution in [0.2, 0.25) is 0 Å². The summed E-state index contributed by atoms with van der Waals surface area (Å²) in [7, 11) is 0. The summed E-state index contributed by atoms with van der Waals surface area (Å²) < 4.78 is 0. The average Bonchev–Trinajstić information content (AvgIpc) is 2.74. The molecule has 0 bridgehead atoms. The van der Waals surface area contributed by atoms with Gasteiger partial charge < -0.3 is 10.3 Å². The maximum Gasteiger partial charge on any atom is 0.305 e. The van der Waals surface area contributed by atoms with Gasteiger partial charge in [-0.25, -0.2) is 0 Å². The maximum atomic E-state index is 11.8. The van der Waals surface area contributed by atoms with Gasteiger partial charge in [0.1, 0.15) is 0 Å². The number of aryl methyl sites for hydroxylation is 1. The quantitative estimate of drug-likeness (QED) is 0.911. The van der Waals surface area contributed by atoms with Crippen LogP contribution in [0.3, 0.4) is 0 Å². The fraction of sp³-hybridized carbons (Fsp3) is 0.471. The summed E-state index contributed by atoms with van der Waals surface area (Å²) in [6.45, 7) is 7.26. The molecule has 2 heterocycles. The molecule has 1 aliphatic rings. The molecule has 1 fully saturated rings. The zero-order valence-electron chi connectivity index (χ0n) is 13.0. The third-order valence-electron chi connectivity index (χ3n) is 4.17. The zero-order chi connectivity index (χ0) is 15.4. The van der Waals surface area contributed by atoms with E-state index in [9.17, 15) is 4.79 Å². The van der Waals surface area contributed by atoms with Crippen LogP contribution >= 0.6 is 11.3 Å². The number of hydrogen-bond acceptors (Lipinski definition) is 4. The van der Waals surface area contributed by atoms with Gasteiger partial charge in [0, 0.05) is 24.5 Å². The van der Waals surface area contributed by atoms with E-state index in [4.69, 9.17) is 0 Å². The molecule has 22 heavy (non-hydrogen) atoms. The Morgan fingerprint density at radius 2 is 2.00 bits per heavy atom. The minimum absolute atomic E-state index is 0.0394. The molecule has 2 N–H and O–H groups in total. The molecule has 0 radical (unpaired) electrons. The van der Waals surface area contributed by atoms with Crippen LogP contribution in [-0.4, -0.2) is 36.1 Å². The smallest absolute Gasteiger partial charge is 0.305 e. The predicted molar refractivity (Wildman–Crippen MR) is 92.5 cm³/mol. The second-order valence-electron chi connectivity index (χ2n) is 5.74. The first-order valence-electron chi connectivity index (χ1n) is 8.00. The van der Waals surface area contributed by atoms with E-state index in [1.54, 1.807) is 0 Å². The Morgan fingerprint density at radius 3 is 2.77 bits per heavy atom. The second-order valence-corrected chi connectivity index (χ2v) is 6.81. The van der Waals surface area contributed by atoms with Crippen molar-refractivity contribution in [3.63, 3.8) is 0 Å². The van der Waals surface area contributed by atoms with Gasteiger partial charge in [-0.15, -0.1) is 0 Å². The van der Waals surface area contributed by atoms with Crippen LogP contribution < -0.4 is 10.2 Å². The van der Waals surface area contributed by atoms with Crippen molar-refractivity contribution >= 4 is 11.3 Å². The van der Waals surface area contributed by atoms with Gasteiger partial charge in [0.2, 0.25) is 0 Å². The van der Waals surface area contributed by atoms with Gasteiger partial charge in [0.25, 0.3) is 0 Å². The van der Waals surface area contributed by atoms with Gasteiger partial charge in [-0.1, -0.05) is 42.5 Å². The normalized spacial score (nSPS) is 16.6. The minimum atomic E-state index is 0.0394. The third kappa shape index (κ3) is 3.66. The van der Waals surface area contributed by atoms with E-state index in [1.165, 1.54) is 23.3 Å². The van der Waals surface area contributed by atoms with Crippen molar-refractivity contribution in [1.82, 2.24) is 15.2 Å². The van der Waals surface area contributed by atoms with E-state index < -0.39 is 0 Å². The molecule has 0 saturated carbocycles. The van der Waals surface area contributed by atoms with Crippen LogP contribution in [0.4, 0.5) is 0 Å². The van der Waals surface area contributed by atoms with Gasteiger partial charge in [0.15, 0.2) is 0 Å². The number of nitrogens with zero attached hydrogens (tertiary/aromatic N) is 1. The predicted octanol–water partition coefficient (Wildman–Crippen LogP) is 2.46. The number of aromatic amines is 1. The Morgan fingerprint density at radius 1 is 1.18 bits per heavy atom. The number of hydrogen-bond donors (Lipinski definition) is 2. The van der Waals surface area contributed by atoms with Crippen molar-refractivity contribution in [2.24, 2.45) is 0 Å². The first-order valence-corrected chi connectivity index (χ1v) is 8.82. The van der Waals surface area contributed by atoms with E-state index in [0.29, 0.717) is 0 Å². The van der Waals surface area contributed by atoms with E-state index in [0.717, 1.165) is 55.3 Å². The SMILES string of the molecule is CCc1ccc(-c2[nH]c(=O)sc2CN2CCCNCC2)cc1. The molecule has 5 heteroatoms. The lowest BCUT2D eigenvalue weighted by atomic mass is 10.1. The van der Waals surface area contributed by atoms with Gasteiger partial charge in [0.05, 0.1) is 5.69 Å². The maximum absolute atomic E-state index is 11.8. The van der Waals surface area contributed by atoms with E-state index in [2.05, 4.69) is 46.4 Å². The van der Waals surface area contributed by atoms with Crippen LogP contribution in [0.25, 0.3) is 11.3 Å². The Balaban J connectivity index is 1.83. The molecular formula is C17H23N3OS. The van der Waals surface area contributed by atoms with Gasteiger partial charge in [-0.2, -0.15) is 0 Å². The first-order chi connectivity index (χ1) is 10.8. The highest BCUT2D eigenvalue weighted by molar-refractivity contribution is 7.09. The molecule has 2 aromatic rings. The number of aromatic nitrogens is 1. The molecule has 3 rings (SSSR count). The number of rotatable bonds is 4. The van der Waals surface area contributed by atoms with Crippen LogP contribution in [0.5, 0.6) is 0 Å². The van der Waals surface area contributed by atoms with Crippen molar-refractivity contribution in [2.75, 3.05) is 26.2 Å². The molecule has 0 aliphatic carbocycles. The Bertz CT molecular complexity index is 651. The highest BCUT2D eigenvalue weighted by Gasteiger charge is 2.15. The summed E-state index contributed by atoms with van der Waals surface area (Å²) in [5.41, 5.74) is 3.43. The third-order valence-corrected chi connectivity index (χ3v) is 5.04. The molecule has 4 nitrogen and oxygen atoms in total. The lowest BCUT2D eigenvalue weighted by Crippen LogP contribution is -2.27. The highest BCUT2D eigenvalue weighted by atomic mass is 32.1. The van der Waals surface area contributed by atoms with Gasteiger partial charge in [-0.3, -0.25) is 9.69 Å². The molecule has 0 atom stereocenters. The zero-order valence-corrected chi connectivity index (χ0v) is 13.8. The number of benzene rings is 1. The summed E-state index contributed by atoms with van der Waals surface area (Å²) in [5.74, 6) is 0. The number of thiazole rings is 1. The highest BCUT2D eigenvalue weighted by Crippen LogP contribution is 2.25. The summed E-state index contributed by atoms with van der Waals surface area (Å²) in [4.78, 5) is 18.5. The average molecular weight is 317 g/mol. The lowest BCUT2D eigenvalue weighted by Gasteiger charge is -2.19. The van der Waals surface area contributed by atoms with E-state index in [-0.39, 0.29) is 4.87 Å². The molecule has 1 aromatic carbocycles. The van der Waals surface area contributed by atoms with Crippen molar-refractivity contribution in [3.05, 3.63) is 44.4 Å². The van der Waals surface area contributed by atoms with Crippen molar-refractivity contribution in [3.8, 4) is 11.3 Å². The largest absolute Gasteiger partial charge is 0.315 e. The summed E-state index contributed by atoms with van der Waals surface area (Å²) in [6.07, 6.45) is 2.20. The van der Waals surface area contributed by atoms with Crippen LogP contribution in [-0.2, 0) is 13.0 Å². The van der Waals surface area contributed by atoms with Crippen LogP contribution in [0.15, 0.2) is 29.1 Å². The van der Waals surface area contributed by atoms with Crippen molar-refractivity contribution in [2.45, 2.75) is 26.3 Å². The Kier molecular flexibility index (Phi) is 5.08. The number of H-pyrrole nitrogens is 1. The molecule has 118 valence electrons. The standard InChI is InChI=1S/C17H23N3OS/c1-2-13-4-6-14(7-5-13)16-15(22-17(21)19-16)12-20-10-3-8-18-9-11-20/h4-7,18H,2-3,8-12H2,1H3,(H,19,21). The Labute approximate surface area is 135 Å². The summed E-state index contributed by atoms with van der Waals surface area (Å²) in [6, 6.07) is 8.52. The molecule has 0 unspecified atom stereocenters. The molecule has 1 saturated heterocycles. The topological polar surface area (TPSA) is 48.1 Å². The molecule has 1 aliphatic heterocycles. The van der Waals surface area contributed by atoms with Gasteiger partial charge in [-0.05, 0) is 37.1 Å². The molecule has 0 spiro atoms. The fourth-order valence-electron chi connectivity index (χ4n) is 2.87. The monoisotopic (exact) mass is 317 g/mol. The van der Waals surface area contributed by atoms with Gasteiger partial charge >= 0.3 is 4.87 Å². The molecular weight excluding hydrogens is 294 g/mol. The molecule has 1 aromatic heterocycles. The molecule has 0 amide bonds. The first kappa shape index (κ1) is 15.5. The number of nitrogens with one attached hydrogen (secondary N) is 2. The van der Waals surface area contributed by atoms with Crippen molar-refractivity contribution in [1.29, 1.82) is 0 Å². The van der Waals surface area contributed by atoms with Crippen LogP contribution in [0.1, 0.15) is 23.8 Å². The van der Waals surface area contributed by atoms with E-state index >= 15 is 0 Å². The fourth-order valence-corrected chi connectivity index (χ4v) is 3.77. The Hall–Kier alpha value is -1.43. The summed E-state index contributed by atoms with van der Waals surface area (Å²) in [5, 5.41) is 3.42. The second kappa shape index (κ2) is 7.22. The minimum Gasteiger partial charge on any atom is -0.315 e. The lowest BCUT2D eigenvalue weighted by molar-refractivity contribution is 0.287. The van der Waals surface area contributed by atoms with Crippen molar-refractivity contribution < 1.29 is 0 Å². The van der Waals surface area contributed by atoms with E-state index in [1.807, 2.05) is 0 Å². The summed E-state index contributed by atoms with van der Waals surface area (Å²) >= 11 is 1.35.